The number of nitriles is 2. The van der Waals surface area contributed by atoms with E-state index in [0.717, 1.165) is 12.1 Å². The van der Waals surface area contributed by atoms with E-state index < -0.39 is 0 Å². The minimum absolute atomic E-state index is 0.240. The fraction of sp³-hybridized carbons (Fsp3) is 0.231. The fourth-order valence-corrected chi connectivity index (χ4v) is 1.75. The quantitative estimate of drug-likeness (QED) is 0.698. The molecule has 0 radical (unpaired) electrons. The lowest BCUT2D eigenvalue weighted by Gasteiger charge is -2.04. The van der Waals surface area contributed by atoms with E-state index in [1.807, 2.05) is 12.1 Å². The summed E-state index contributed by atoms with van der Waals surface area (Å²) in [6, 6.07) is 7.51. The second-order valence-electron chi connectivity index (χ2n) is 4.15. The zero-order valence-electron chi connectivity index (χ0n) is 10.7. The number of rotatable bonds is 5. The molecule has 0 atom stereocenters. The van der Waals surface area contributed by atoms with E-state index in [1.165, 1.54) is 6.20 Å². The Labute approximate surface area is 116 Å². The summed E-state index contributed by atoms with van der Waals surface area (Å²) < 4.78 is 0. The highest BCUT2D eigenvalue weighted by Gasteiger charge is 2.09. The van der Waals surface area contributed by atoms with Crippen LogP contribution in [0.15, 0.2) is 18.3 Å². The van der Waals surface area contributed by atoms with Gasteiger partial charge in [0.05, 0.1) is 11.3 Å². The van der Waals surface area contributed by atoms with E-state index in [2.05, 4.69) is 20.5 Å². The van der Waals surface area contributed by atoms with Crippen LogP contribution in [0.5, 0.6) is 0 Å². The van der Waals surface area contributed by atoms with Gasteiger partial charge in [0.15, 0.2) is 5.82 Å². The second kappa shape index (κ2) is 6.21. The second-order valence-corrected chi connectivity index (χ2v) is 4.15. The molecule has 0 aromatic carbocycles. The van der Waals surface area contributed by atoms with Gasteiger partial charge in [-0.05, 0) is 25.0 Å². The molecule has 20 heavy (non-hydrogen) atoms. The zero-order chi connectivity index (χ0) is 14.4. The number of nitrogens with one attached hydrogen (secondary N) is 2. The van der Waals surface area contributed by atoms with Gasteiger partial charge in [-0.2, -0.15) is 15.6 Å². The summed E-state index contributed by atoms with van der Waals surface area (Å²) in [6.07, 6.45) is 3.00. The van der Waals surface area contributed by atoms with Gasteiger partial charge in [-0.15, -0.1) is 0 Å². The molecule has 0 aliphatic carbocycles. The van der Waals surface area contributed by atoms with Gasteiger partial charge in [-0.25, -0.2) is 4.98 Å². The number of aromatic nitrogens is 3. The molecule has 2 heterocycles. The Kier molecular flexibility index (Phi) is 4.15. The van der Waals surface area contributed by atoms with Crippen molar-refractivity contribution < 1.29 is 0 Å². The molecule has 0 bridgehead atoms. The van der Waals surface area contributed by atoms with E-state index >= 15 is 0 Å². The third-order valence-corrected chi connectivity index (χ3v) is 2.78. The number of nitrogens with zero attached hydrogens (tertiary/aromatic N) is 4. The molecule has 0 saturated heterocycles. The normalized spacial score (nSPS) is 9.70. The number of aryl methyl sites for hydroxylation is 1. The van der Waals surface area contributed by atoms with Crippen LogP contribution in [0.3, 0.4) is 0 Å². The molecule has 4 N–H and O–H groups in total. The first-order valence-electron chi connectivity index (χ1n) is 6.07. The van der Waals surface area contributed by atoms with Gasteiger partial charge in [0.1, 0.15) is 23.5 Å². The van der Waals surface area contributed by atoms with Crippen molar-refractivity contribution in [3.63, 3.8) is 0 Å². The third-order valence-electron chi connectivity index (χ3n) is 2.78. The number of hydrogen-bond donors (Lipinski definition) is 3. The van der Waals surface area contributed by atoms with Crippen molar-refractivity contribution in [3.8, 4) is 12.1 Å². The Morgan fingerprint density at radius 3 is 2.80 bits per heavy atom. The van der Waals surface area contributed by atoms with Gasteiger partial charge in [-0.3, -0.25) is 5.10 Å². The smallest absolute Gasteiger partial charge is 0.163 e. The molecule has 0 spiro atoms. The summed E-state index contributed by atoms with van der Waals surface area (Å²) in [4.78, 5) is 4.11. The van der Waals surface area contributed by atoms with Crippen molar-refractivity contribution in [1.82, 2.24) is 15.2 Å². The first kappa shape index (κ1) is 13.4. The first-order chi connectivity index (χ1) is 9.74. The van der Waals surface area contributed by atoms with Gasteiger partial charge >= 0.3 is 0 Å². The Hall–Kier alpha value is -3.06. The van der Waals surface area contributed by atoms with Crippen molar-refractivity contribution in [2.45, 2.75) is 12.8 Å². The van der Waals surface area contributed by atoms with Crippen molar-refractivity contribution in [2.75, 3.05) is 17.6 Å². The number of aromatic amines is 1. The molecular weight excluding hydrogens is 254 g/mol. The molecule has 2 aromatic heterocycles. The van der Waals surface area contributed by atoms with E-state index in [9.17, 15) is 0 Å². The average Bonchev–Trinajstić information content (AvgIpc) is 2.84. The van der Waals surface area contributed by atoms with Gasteiger partial charge in [0, 0.05) is 12.7 Å². The maximum atomic E-state index is 8.93. The Balaban J connectivity index is 1.82. The van der Waals surface area contributed by atoms with E-state index in [4.69, 9.17) is 16.3 Å². The van der Waals surface area contributed by atoms with Crippen LogP contribution >= 0.6 is 0 Å². The average molecular weight is 267 g/mol. The molecule has 2 rings (SSSR count). The number of pyridine rings is 1. The molecule has 0 aliphatic rings. The summed E-state index contributed by atoms with van der Waals surface area (Å²) in [6.45, 7) is 0.697. The van der Waals surface area contributed by atoms with Crippen molar-refractivity contribution >= 4 is 11.6 Å². The Morgan fingerprint density at radius 1 is 1.30 bits per heavy atom. The largest absolute Gasteiger partial charge is 0.381 e. The molecule has 7 heteroatoms. The molecule has 0 saturated carbocycles. The van der Waals surface area contributed by atoms with Gasteiger partial charge in [-0.1, -0.05) is 0 Å². The van der Waals surface area contributed by atoms with Crippen LogP contribution in [0.1, 0.15) is 23.2 Å². The van der Waals surface area contributed by atoms with Crippen LogP contribution in [0, 0.1) is 22.7 Å². The highest BCUT2D eigenvalue weighted by Crippen LogP contribution is 2.13. The van der Waals surface area contributed by atoms with E-state index in [1.54, 1.807) is 12.1 Å². The van der Waals surface area contributed by atoms with Gasteiger partial charge in [0.2, 0.25) is 0 Å². The summed E-state index contributed by atoms with van der Waals surface area (Å²) >= 11 is 0. The van der Waals surface area contributed by atoms with Crippen LogP contribution < -0.4 is 11.1 Å². The fourth-order valence-electron chi connectivity index (χ4n) is 1.75. The maximum Gasteiger partial charge on any atom is 0.163 e. The topological polar surface area (TPSA) is 127 Å². The molecule has 0 amide bonds. The molecule has 0 unspecified atom stereocenters. The van der Waals surface area contributed by atoms with E-state index in [-0.39, 0.29) is 5.82 Å². The van der Waals surface area contributed by atoms with Crippen LogP contribution in [-0.4, -0.2) is 21.7 Å². The number of nitrogen functional groups attached to an aromatic ring is 1. The van der Waals surface area contributed by atoms with Crippen LogP contribution in [-0.2, 0) is 6.42 Å². The lowest BCUT2D eigenvalue weighted by molar-refractivity contribution is 0.822. The minimum atomic E-state index is 0.240. The summed E-state index contributed by atoms with van der Waals surface area (Å²) in [5, 5.41) is 27.3. The predicted octanol–water partition coefficient (Wildman–Crippen LogP) is 1.17. The summed E-state index contributed by atoms with van der Waals surface area (Å²) in [5.74, 6) is 0.956. The number of H-pyrrole nitrogens is 1. The zero-order valence-corrected chi connectivity index (χ0v) is 10.7. The van der Waals surface area contributed by atoms with Crippen molar-refractivity contribution in [2.24, 2.45) is 0 Å². The molecule has 7 nitrogen and oxygen atoms in total. The highest BCUT2D eigenvalue weighted by atomic mass is 15.2. The Morgan fingerprint density at radius 2 is 2.15 bits per heavy atom. The first-order valence-corrected chi connectivity index (χ1v) is 6.07. The van der Waals surface area contributed by atoms with Gasteiger partial charge < -0.3 is 11.1 Å². The SMILES string of the molecule is N#Cc1ccc(NCCCc2[nH]nc(N)c2C#N)nc1. The van der Waals surface area contributed by atoms with Crippen LogP contribution in [0.25, 0.3) is 0 Å². The molecule has 2 aromatic rings. The summed E-state index contributed by atoms with van der Waals surface area (Å²) in [7, 11) is 0. The maximum absolute atomic E-state index is 8.93. The lowest BCUT2D eigenvalue weighted by Crippen LogP contribution is -2.05. The number of nitrogens with two attached hydrogens (primary N) is 1. The monoisotopic (exact) mass is 267 g/mol. The standard InChI is InChI=1S/C13H13N7/c14-6-9-3-4-12(18-8-9)17-5-1-2-11-10(7-15)13(16)20-19-11/h3-4,8H,1-2,5H2,(H,17,18)(H3,16,19,20). The van der Waals surface area contributed by atoms with Crippen LogP contribution in [0.4, 0.5) is 11.6 Å². The molecule has 0 aliphatic heterocycles. The number of hydrogen-bond acceptors (Lipinski definition) is 6. The summed E-state index contributed by atoms with van der Waals surface area (Å²) in [5.41, 5.74) is 7.26. The van der Waals surface area contributed by atoms with Crippen molar-refractivity contribution in [1.29, 1.82) is 10.5 Å². The minimum Gasteiger partial charge on any atom is -0.381 e. The predicted molar refractivity (Wildman–Crippen MR) is 73.5 cm³/mol. The lowest BCUT2D eigenvalue weighted by atomic mass is 10.1. The third kappa shape index (κ3) is 3.03. The molecule has 0 fully saturated rings. The number of anilines is 2. The Bertz CT molecular complexity index is 658. The molecular formula is C13H13N7. The molecule has 100 valence electrons. The highest BCUT2D eigenvalue weighted by molar-refractivity contribution is 5.50. The van der Waals surface area contributed by atoms with Crippen molar-refractivity contribution in [3.05, 3.63) is 35.2 Å². The van der Waals surface area contributed by atoms with E-state index in [0.29, 0.717) is 29.9 Å². The van der Waals surface area contributed by atoms with Crippen LogP contribution in [0.2, 0.25) is 0 Å². The van der Waals surface area contributed by atoms with Gasteiger partial charge in [0.25, 0.3) is 0 Å².